The molecule has 172 valence electrons. The molecular formula is C23H28ClN3O5. The number of methoxy groups -OCH3 is 2. The highest BCUT2D eigenvalue weighted by molar-refractivity contribution is 6.32. The van der Waals surface area contributed by atoms with E-state index in [1.165, 1.54) is 18.7 Å². The van der Waals surface area contributed by atoms with E-state index in [2.05, 4.69) is 17.0 Å². The highest BCUT2D eigenvalue weighted by Gasteiger charge is 2.24. The maximum atomic E-state index is 13.0. The zero-order valence-electron chi connectivity index (χ0n) is 18.3. The first-order valence-electron chi connectivity index (χ1n) is 10.3. The van der Waals surface area contributed by atoms with Crippen molar-refractivity contribution >= 4 is 23.4 Å². The van der Waals surface area contributed by atoms with Crippen molar-refractivity contribution in [3.8, 4) is 17.2 Å². The molecule has 2 amide bonds. The number of carbonyl (C=O) groups excluding carboxylic acids is 2. The minimum atomic E-state index is -0.631. The molecular weight excluding hydrogens is 434 g/mol. The van der Waals surface area contributed by atoms with Crippen LogP contribution >= 0.6 is 11.6 Å². The molecule has 2 aromatic carbocycles. The highest BCUT2D eigenvalue weighted by atomic mass is 35.5. The first-order chi connectivity index (χ1) is 15.4. The van der Waals surface area contributed by atoms with E-state index in [0.29, 0.717) is 18.7 Å². The summed E-state index contributed by atoms with van der Waals surface area (Å²) in [6, 6.07) is 11.2. The second-order valence-electron chi connectivity index (χ2n) is 7.48. The van der Waals surface area contributed by atoms with Gasteiger partial charge in [-0.2, -0.15) is 0 Å². The second kappa shape index (κ2) is 11.1. The smallest absolute Gasteiger partial charge is 0.255 e. The number of carbonyl (C=O) groups is 2. The summed E-state index contributed by atoms with van der Waals surface area (Å²) in [7, 11) is 3.10. The van der Waals surface area contributed by atoms with Crippen molar-refractivity contribution in [1.29, 1.82) is 0 Å². The number of hydrogen-bond donors (Lipinski definition) is 1. The van der Waals surface area contributed by atoms with Gasteiger partial charge in [0.15, 0.2) is 18.1 Å². The molecule has 9 heteroatoms. The standard InChI is InChI=1S/C23H28ClN3O5/c1-30-18-5-3-16(4-6-18)7-8-26-9-11-27(12-10-26)23(29)17-13-19(24)22(20(14-17)31-2)32-15-21(25)28/h3-6,13-14H,7-12,15H2,1-2H3,(H2,25,28). The molecule has 32 heavy (non-hydrogen) atoms. The van der Waals surface area contributed by atoms with E-state index in [9.17, 15) is 9.59 Å². The maximum absolute atomic E-state index is 13.0. The number of halogens is 1. The van der Waals surface area contributed by atoms with Crippen molar-refractivity contribution in [1.82, 2.24) is 9.80 Å². The average Bonchev–Trinajstić information content (AvgIpc) is 2.81. The third-order valence-corrected chi connectivity index (χ3v) is 5.65. The van der Waals surface area contributed by atoms with E-state index in [-0.39, 0.29) is 29.0 Å². The van der Waals surface area contributed by atoms with Gasteiger partial charge in [-0.3, -0.25) is 14.5 Å². The minimum absolute atomic E-state index is 0.124. The fourth-order valence-electron chi connectivity index (χ4n) is 3.56. The van der Waals surface area contributed by atoms with Gasteiger partial charge in [-0.25, -0.2) is 0 Å². The first kappa shape index (κ1) is 23.7. The number of benzene rings is 2. The number of primary amides is 1. The Hall–Kier alpha value is -2.97. The minimum Gasteiger partial charge on any atom is -0.497 e. The van der Waals surface area contributed by atoms with Crippen LogP contribution in [0.2, 0.25) is 5.02 Å². The van der Waals surface area contributed by atoms with Crippen LogP contribution in [0.4, 0.5) is 0 Å². The first-order valence-corrected chi connectivity index (χ1v) is 10.7. The molecule has 1 aliphatic heterocycles. The summed E-state index contributed by atoms with van der Waals surface area (Å²) in [5.41, 5.74) is 6.78. The van der Waals surface area contributed by atoms with Crippen molar-refractivity contribution in [2.75, 3.05) is 53.6 Å². The fourth-order valence-corrected chi connectivity index (χ4v) is 3.83. The summed E-state index contributed by atoms with van der Waals surface area (Å²) in [5.74, 6) is 0.563. The highest BCUT2D eigenvalue weighted by Crippen LogP contribution is 2.36. The van der Waals surface area contributed by atoms with E-state index >= 15 is 0 Å². The van der Waals surface area contributed by atoms with Crippen LogP contribution in [0.5, 0.6) is 17.2 Å². The number of hydrogen-bond acceptors (Lipinski definition) is 6. The summed E-state index contributed by atoms with van der Waals surface area (Å²) in [5, 5.41) is 0.187. The molecule has 1 heterocycles. The number of ether oxygens (including phenoxy) is 3. The van der Waals surface area contributed by atoms with Crippen molar-refractivity contribution < 1.29 is 23.8 Å². The van der Waals surface area contributed by atoms with Crippen molar-refractivity contribution in [3.63, 3.8) is 0 Å². The van der Waals surface area contributed by atoms with Crippen LogP contribution in [0.15, 0.2) is 36.4 Å². The number of amides is 2. The number of nitrogens with two attached hydrogens (primary N) is 1. The number of piperazine rings is 1. The average molecular weight is 462 g/mol. The summed E-state index contributed by atoms with van der Waals surface area (Å²) < 4.78 is 15.8. The molecule has 3 rings (SSSR count). The lowest BCUT2D eigenvalue weighted by molar-refractivity contribution is -0.119. The normalized spacial score (nSPS) is 14.2. The third kappa shape index (κ3) is 6.05. The van der Waals surface area contributed by atoms with Crippen LogP contribution in [-0.2, 0) is 11.2 Å². The monoisotopic (exact) mass is 461 g/mol. The van der Waals surface area contributed by atoms with E-state index in [1.54, 1.807) is 18.1 Å². The molecule has 0 bridgehead atoms. The van der Waals surface area contributed by atoms with Gasteiger partial charge >= 0.3 is 0 Å². The Morgan fingerprint density at radius 2 is 1.72 bits per heavy atom. The van der Waals surface area contributed by atoms with Gasteiger partial charge in [0.2, 0.25) is 0 Å². The topological polar surface area (TPSA) is 94.3 Å². The van der Waals surface area contributed by atoms with Crippen LogP contribution < -0.4 is 19.9 Å². The quantitative estimate of drug-likeness (QED) is 0.615. The van der Waals surface area contributed by atoms with Crippen molar-refractivity contribution in [2.45, 2.75) is 6.42 Å². The van der Waals surface area contributed by atoms with Gasteiger partial charge in [0.1, 0.15) is 5.75 Å². The molecule has 2 N–H and O–H groups in total. The lowest BCUT2D eigenvalue weighted by atomic mass is 10.1. The largest absolute Gasteiger partial charge is 0.497 e. The molecule has 2 aromatic rings. The SMILES string of the molecule is COc1ccc(CCN2CCN(C(=O)c3cc(Cl)c(OCC(N)=O)c(OC)c3)CC2)cc1. The molecule has 0 unspecified atom stereocenters. The molecule has 0 atom stereocenters. The molecule has 8 nitrogen and oxygen atoms in total. The Kier molecular flexibility index (Phi) is 8.19. The Balaban J connectivity index is 1.56. The summed E-state index contributed by atoms with van der Waals surface area (Å²) in [6.07, 6.45) is 0.942. The van der Waals surface area contributed by atoms with E-state index < -0.39 is 5.91 Å². The lowest BCUT2D eigenvalue weighted by Crippen LogP contribution is -2.49. The van der Waals surface area contributed by atoms with E-state index in [0.717, 1.165) is 31.8 Å². The summed E-state index contributed by atoms with van der Waals surface area (Å²) in [6.45, 7) is 3.45. The fraction of sp³-hybridized carbons (Fsp3) is 0.391. The molecule has 1 saturated heterocycles. The Bertz CT molecular complexity index is 943. The van der Waals surface area contributed by atoms with Gasteiger partial charge in [0, 0.05) is 38.3 Å². The molecule has 0 aliphatic carbocycles. The molecule has 0 radical (unpaired) electrons. The van der Waals surface area contributed by atoms with Crippen LogP contribution in [0, 0.1) is 0 Å². The Morgan fingerprint density at radius 3 is 2.31 bits per heavy atom. The molecule has 0 saturated carbocycles. The van der Waals surface area contributed by atoms with Crippen molar-refractivity contribution in [3.05, 3.63) is 52.5 Å². The van der Waals surface area contributed by atoms with Gasteiger partial charge in [0.05, 0.1) is 19.2 Å². The molecule has 0 aromatic heterocycles. The predicted octanol–water partition coefficient (Wildman–Crippen LogP) is 2.22. The zero-order valence-corrected chi connectivity index (χ0v) is 19.1. The second-order valence-corrected chi connectivity index (χ2v) is 7.88. The summed E-state index contributed by atoms with van der Waals surface area (Å²) in [4.78, 5) is 28.2. The van der Waals surface area contributed by atoms with Gasteiger partial charge < -0.3 is 24.8 Å². The van der Waals surface area contributed by atoms with Gasteiger partial charge in [-0.1, -0.05) is 23.7 Å². The molecule has 1 aliphatic rings. The Labute approximate surface area is 192 Å². The maximum Gasteiger partial charge on any atom is 0.255 e. The number of rotatable bonds is 9. The predicted molar refractivity (Wildman–Crippen MR) is 122 cm³/mol. The van der Waals surface area contributed by atoms with Crippen LogP contribution in [0.25, 0.3) is 0 Å². The molecule has 0 spiro atoms. The van der Waals surface area contributed by atoms with Gasteiger partial charge in [-0.05, 0) is 36.2 Å². The Morgan fingerprint density at radius 1 is 1.03 bits per heavy atom. The van der Waals surface area contributed by atoms with Gasteiger partial charge in [0.25, 0.3) is 11.8 Å². The van der Waals surface area contributed by atoms with Crippen LogP contribution in [-0.4, -0.2) is 75.2 Å². The third-order valence-electron chi connectivity index (χ3n) is 5.37. The van der Waals surface area contributed by atoms with Gasteiger partial charge in [-0.15, -0.1) is 0 Å². The summed E-state index contributed by atoms with van der Waals surface area (Å²) >= 11 is 6.28. The van der Waals surface area contributed by atoms with Crippen LogP contribution in [0.3, 0.4) is 0 Å². The van der Waals surface area contributed by atoms with Crippen molar-refractivity contribution in [2.24, 2.45) is 5.73 Å². The van der Waals surface area contributed by atoms with E-state index in [1.807, 2.05) is 12.1 Å². The molecule has 1 fully saturated rings. The van der Waals surface area contributed by atoms with Crippen LogP contribution in [0.1, 0.15) is 15.9 Å². The van der Waals surface area contributed by atoms with E-state index in [4.69, 9.17) is 31.5 Å². The lowest BCUT2D eigenvalue weighted by Gasteiger charge is -2.35. The number of nitrogens with zero attached hydrogens (tertiary/aromatic N) is 2. The zero-order chi connectivity index (χ0) is 23.1.